The standard InChI is InChI=1S/C47H58ClN7O4S2.C38H29Cl2N7O3S/c1-4-5-6-7-8-9-10-11-12-13-14-15-16-20-33-61(57,58)51-39-28-30-41(31-29-39)54-46(56)45(44(50-54)37-24-26-38(48)27-25-37)59-43-32-23-35(2)34-42(43)36(3)60-47-49-52-53-55(47)40-21-18-17-19-22-40;1-23-8-21-33(32(22-23)24(2)51-38-42-44-45-47(38)30-6-4-3-5-7-30)50-35-34(25-9-13-27(39)14-10-25)43-46(37(35)49)31-19-17-29(18-20-31)41-36(48)26-11-15-28(40)16-12-26/h17-19,21-32,34,36,45,51H,4-16,20,33H2,1-3H3;3-22,24,35H,1-2H3,(H,41,48). The highest BCUT2D eigenvalue weighted by atomic mass is 35.5. The quantitative estimate of drug-likeness (QED) is 0.0277. The van der Waals surface area contributed by atoms with Crippen LogP contribution in [0.2, 0.25) is 15.1 Å². The second kappa shape index (κ2) is 39.3. The fourth-order valence-electron chi connectivity index (χ4n) is 12.8. The van der Waals surface area contributed by atoms with E-state index in [1.807, 2.05) is 149 Å². The predicted molar refractivity (Wildman–Crippen MR) is 449 cm³/mol. The molecule has 2 aliphatic rings. The average molecular weight is 1620 g/mol. The fraction of sp³-hybridized carbons (Fsp3) is 0.282. The van der Waals surface area contributed by atoms with Crippen LogP contribution in [0.3, 0.4) is 0 Å². The van der Waals surface area contributed by atoms with E-state index in [2.05, 4.69) is 48.0 Å². The number of anilines is 4. The Bertz CT molecular complexity index is 5160. The van der Waals surface area contributed by atoms with Gasteiger partial charge in [-0.05, 0) is 188 Å². The van der Waals surface area contributed by atoms with Crippen molar-refractivity contribution in [3.63, 3.8) is 0 Å². The summed E-state index contributed by atoms with van der Waals surface area (Å²) in [6, 6.07) is 65.4. The van der Waals surface area contributed by atoms with Crippen molar-refractivity contribution in [1.82, 2.24) is 40.4 Å². The number of hydrazone groups is 2. The van der Waals surface area contributed by atoms with Crippen LogP contribution in [0.5, 0.6) is 11.5 Å². The SMILES string of the molecule is CCCCCCCCCCCCCCCCS(=O)(=O)Nc1ccc(N2N=C(c3ccc(Cl)cc3)C(Oc3ccc(C)cc3C(C)Sc3nnnn3-c3ccccc3)C2=O)cc1.Cc1ccc(OC2C(=O)N(c3ccc(NC(=O)c4ccc(Cl)cc4)cc3)N=C2c2ccc(Cl)cc2)c(C(C)Sc2nnnn2-c2ccccc2)c1. The first kappa shape index (κ1) is 81.3. The molecule has 0 aliphatic carbocycles. The van der Waals surface area contributed by atoms with Crippen molar-refractivity contribution in [2.24, 2.45) is 10.2 Å². The zero-order valence-corrected chi connectivity index (χ0v) is 67.5. The molecule has 0 bridgehead atoms. The first-order valence-electron chi connectivity index (χ1n) is 37.5. The lowest BCUT2D eigenvalue weighted by Gasteiger charge is -2.21. The summed E-state index contributed by atoms with van der Waals surface area (Å²) in [7, 11) is -3.54. The minimum atomic E-state index is -3.54. The monoisotopic (exact) mass is 1620 g/mol. The number of hydrogen-bond donors (Lipinski definition) is 2. The Morgan fingerprint density at radius 3 is 1.27 bits per heavy atom. The lowest BCUT2D eigenvalue weighted by molar-refractivity contribution is -0.122. The largest absolute Gasteiger partial charge is 0.474 e. The minimum absolute atomic E-state index is 0.0628. The Labute approximate surface area is 677 Å². The van der Waals surface area contributed by atoms with Crippen molar-refractivity contribution in [2.75, 3.05) is 25.8 Å². The Kier molecular flexibility index (Phi) is 28.5. The number of carbonyl (C=O) groups excluding carboxylic acids is 3. The third kappa shape index (κ3) is 21.7. The minimum Gasteiger partial charge on any atom is -0.474 e. The van der Waals surface area contributed by atoms with Crippen LogP contribution in [-0.2, 0) is 19.6 Å². The topological polar surface area (TPSA) is 246 Å². The Morgan fingerprint density at radius 2 is 0.857 bits per heavy atom. The summed E-state index contributed by atoms with van der Waals surface area (Å²) >= 11 is 21.4. The van der Waals surface area contributed by atoms with Crippen LogP contribution in [-0.4, -0.2) is 95.9 Å². The van der Waals surface area contributed by atoms with Gasteiger partial charge < -0.3 is 14.8 Å². The Morgan fingerprint density at radius 1 is 0.473 bits per heavy atom. The molecular weight excluding hydrogens is 1530 g/mol. The van der Waals surface area contributed by atoms with Gasteiger partial charge in [0.1, 0.15) is 22.9 Å². The van der Waals surface area contributed by atoms with Crippen molar-refractivity contribution in [3.05, 3.63) is 272 Å². The van der Waals surface area contributed by atoms with Crippen LogP contribution in [0.15, 0.2) is 239 Å². The molecule has 13 rings (SSSR count). The number of aromatic nitrogens is 8. The number of rotatable bonds is 35. The van der Waals surface area contributed by atoms with Gasteiger partial charge in [0.15, 0.2) is 0 Å². The summed E-state index contributed by atoms with van der Waals surface area (Å²) in [5, 5.41) is 42.4. The van der Waals surface area contributed by atoms with E-state index in [9.17, 15) is 22.8 Å². The number of amides is 3. The number of aryl methyl sites for hydroxylation is 2. The molecule has 4 unspecified atom stereocenters. The van der Waals surface area contributed by atoms with Crippen molar-refractivity contribution >= 4 is 120 Å². The molecular formula is C85H87Cl3N14O7S3. The third-order valence-electron chi connectivity index (χ3n) is 18.8. The van der Waals surface area contributed by atoms with E-state index in [4.69, 9.17) is 54.5 Å². The van der Waals surface area contributed by atoms with Gasteiger partial charge in [-0.2, -0.15) is 29.6 Å². The number of nitrogens with one attached hydrogen (secondary N) is 2. The van der Waals surface area contributed by atoms with Gasteiger partial charge in [-0.25, -0.2) is 8.42 Å². The molecule has 2 aromatic heterocycles. The van der Waals surface area contributed by atoms with Crippen molar-refractivity contribution in [3.8, 4) is 22.9 Å². The molecule has 27 heteroatoms. The number of nitrogens with zero attached hydrogens (tertiary/aromatic N) is 12. The molecule has 578 valence electrons. The summed E-state index contributed by atoms with van der Waals surface area (Å²) in [6.45, 7) is 10.4. The predicted octanol–water partition coefficient (Wildman–Crippen LogP) is 20.5. The number of ether oxygens (including phenoxy) is 2. The molecule has 4 atom stereocenters. The maximum Gasteiger partial charge on any atom is 0.294 e. The maximum atomic E-state index is 14.3. The fourth-order valence-corrected chi connectivity index (χ4v) is 16.3. The zero-order chi connectivity index (χ0) is 78.5. The smallest absolute Gasteiger partial charge is 0.294 e. The number of para-hydroxylation sites is 2. The van der Waals surface area contributed by atoms with E-state index in [0.29, 0.717) is 94.2 Å². The van der Waals surface area contributed by atoms with Gasteiger partial charge in [-0.3, -0.25) is 19.1 Å². The molecule has 0 radical (unpaired) electrons. The van der Waals surface area contributed by atoms with Crippen molar-refractivity contribution < 1.29 is 32.3 Å². The normalized spacial score (nSPS) is 14.6. The van der Waals surface area contributed by atoms with Crippen LogP contribution in [0.4, 0.5) is 22.7 Å². The third-order valence-corrected chi connectivity index (χ3v) is 23.1. The first-order valence-corrected chi connectivity index (χ1v) is 42.1. The highest BCUT2D eigenvalue weighted by Gasteiger charge is 2.42. The molecule has 11 aromatic rings. The molecule has 0 saturated carbocycles. The molecule has 0 fully saturated rings. The molecule has 2 N–H and O–H groups in total. The first-order chi connectivity index (χ1) is 54.3. The number of hydrogen-bond acceptors (Lipinski definition) is 17. The summed E-state index contributed by atoms with van der Waals surface area (Å²) in [5.41, 5.74) is 10.1. The highest BCUT2D eigenvalue weighted by Crippen LogP contribution is 2.43. The second-order valence-corrected chi connectivity index (χ2v) is 33.1. The van der Waals surface area contributed by atoms with Gasteiger partial charge in [0.25, 0.3) is 17.7 Å². The summed E-state index contributed by atoms with van der Waals surface area (Å²) in [4.78, 5) is 41.2. The van der Waals surface area contributed by atoms with Gasteiger partial charge in [-0.15, -0.1) is 10.2 Å². The lowest BCUT2D eigenvalue weighted by Crippen LogP contribution is -2.37. The molecule has 4 heterocycles. The summed E-state index contributed by atoms with van der Waals surface area (Å²) < 4.78 is 45.3. The van der Waals surface area contributed by atoms with Gasteiger partial charge in [0, 0.05) is 64.8 Å². The Balaban J connectivity index is 0.000000211. The molecule has 2 aliphatic heterocycles. The number of sulfonamides is 1. The van der Waals surface area contributed by atoms with Crippen LogP contribution < -0.4 is 29.5 Å². The lowest BCUT2D eigenvalue weighted by atomic mass is 10.0. The molecule has 9 aromatic carbocycles. The number of halogens is 3. The molecule has 21 nitrogen and oxygen atoms in total. The molecule has 0 saturated heterocycles. The van der Waals surface area contributed by atoms with Crippen LogP contribution in [0, 0.1) is 13.8 Å². The van der Waals surface area contributed by atoms with Gasteiger partial charge in [-0.1, -0.05) is 245 Å². The molecule has 112 heavy (non-hydrogen) atoms. The second-order valence-electron chi connectivity index (χ2n) is 27.4. The van der Waals surface area contributed by atoms with Crippen molar-refractivity contribution in [2.45, 2.75) is 158 Å². The van der Waals surface area contributed by atoms with Gasteiger partial charge >= 0.3 is 0 Å². The zero-order valence-electron chi connectivity index (χ0n) is 62.8. The molecule has 0 spiro atoms. The maximum absolute atomic E-state index is 14.3. The van der Waals surface area contributed by atoms with Gasteiger partial charge in [0.2, 0.25) is 32.5 Å². The number of carbonyl (C=O) groups is 3. The number of benzene rings is 9. The van der Waals surface area contributed by atoms with E-state index in [-0.39, 0.29) is 28.1 Å². The number of unbranched alkanes of at least 4 members (excludes halogenated alkanes) is 13. The number of tetrazole rings is 2. The van der Waals surface area contributed by atoms with Crippen LogP contribution in [0.1, 0.15) is 165 Å². The van der Waals surface area contributed by atoms with Gasteiger partial charge in [0.05, 0.1) is 28.5 Å². The summed E-state index contributed by atoms with van der Waals surface area (Å²) in [6.07, 6.45) is 14.8. The van der Waals surface area contributed by atoms with E-state index in [0.717, 1.165) is 52.9 Å². The Hall–Kier alpha value is -10.2. The summed E-state index contributed by atoms with van der Waals surface area (Å²) in [5.74, 6) is 0.0591. The van der Waals surface area contributed by atoms with E-state index < -0.39 is 28.1 Å². The van der Waals surface area contributed by atoms with Crippen molar-refractivity contribution in [1.29, 1.82) is 0 Å². The van der Waals surface area contributed by atoms with E-state index >= 15 is 0 Å². The van der Waals surface area contributed by atoms with Crippen LogP contribution >= 0.6 is 58.3 Å². The number of thioether (sulfide) groups is 2. The molecule has 3 amide bonds. The van der Waals surface area contributed by atoms with E-state index in [1.165, 1.54) is 97.7 Å². The highest BCUT2D eigenvalue weighted by molar-refractivity contribution is 7.99. The average Bonchev–Trinajstić information content (AvgIpc) is 1.63. The van der Waals surface area contributed by atoms with Crippen LogP contribution in [0.25, 0.3) is 11.4 Å². The van der Waals surface area contributed by atoms with E-state index in [1.54, 1.807) is 106 Å².